The van der Waals surface area contributed by atoms with Crippen LogP contribution in [-0.4, -0.2) is 25.2 Å². The average molecular weight is 552 g/mol. The second-order valence-electron chi connectivity index (χ2n) is 6.85. The van der Waals surface area contributed by atoms with E-state index in [4.69, 9.17) is 4.42 Å². The van der Waals surface area contributed by atoms with Gasteiger partial charge in [0.05, 0.1) is 9.78 Å². The Bertz CT molecular complexity index is 1070. The monoisotopic (exact) mass is 551 g/mol. The van der Waals surface area contributed by atoms with Gasteiger partial charge < -0.3 is 9.32 Å². The third-order valence-corrected chi connectivity index (χ3v) is 6.11. The molecule has 1 N–H and O–H groups in total. The van der Waals surface area contributed by atoms with Crippen molar-refractivity contribution in [3.05, 3.63) is 61.3 Å². The van der Waals surface area contributed by atoms with Crippen molar-refractivity contribution in [2.75, 3.05) is 18.0 Å². The van der Waals surface area contributed by atoms with Gasteiger partial charge in [-0.1, -0.05) is 22.0 Å². The van der Waals surface area contributed by atoms with E-state index in [0.29, 0.717) is 5.58 Å². The smallest absolute Gasteiger partial charge is 0.307 e. The number of hydrogen-bond acceptors (Lipinski definition) is 4. The fourth-order valence-electron chi connectivity index (χ4n) is 3.38. The second kappa shape index (κ2) is 8.24. The van der Waals surface area contributed by atoms with Crippen molar-refractivity contribution >= 4 is 67.3 Å². The van der Waals surface area contributed by atoms with Crippen LogP contribution in [0, 0.1) is 10.5 Å². The molecular formula is C21H19BrIN3O2. The van der Waals surface area contributed by atoms with E-state index in [9.17, 15) is 4.79 Å². The van der Waals surface area contributed by atoms with Crippen molar-refractivity contribution in [3.8, 4) is 0 Å². The van der Waals surface area contributed by atoms with Gasteiger partial charge in [0.15, 0.2) is 5.76 Å². The molecule has 1 saturated heterocycles. The van der Waals surface area contributed by atoms with E-state index in [0.717, 1.165) is 37.6 Å². The third kappa shape index (κ3) is 4.10. The number of hydrogen-bond donors (Lipinski definition) is 1. The van der Waals surface area contributed by atoms with Gasteiger partial charge in [0, 0.05) is 28.6 Å². The molecule has 144 valence electrons. The molecule has 0 radical (unpaired) electrons. The maximum absolute atomic E-state index is 12.4. The maximum atomic E-state index is 12.4. The topological polar surface area (TPSA) is 57.8 Å². The van der Waals surface area contributed by atoms with E-state index in [1.165, 1.54) is 18.5 Å². The second-order valence-corrected chi connectivity index (χ2v) is 8.93. The van der Waals surface area contributed by atoms with Gasteiger partial charge in [-0.05, 0) is 83.8 Å². The number of anilines is 1. The SMILES string of the molecule is Cc1cc(N2CCCC2)ccc1/C=N\NC(=O)c1cc2cc(Br)cc(I)c2o1. The number of benzene rings is 2. The molecule has 0 saturated carbocycles. The van der Waals surface area contributed by atoms with Gasteiger partial charge in [-0.15, -0.1) is 0 Å². The Morgan fingerprint density at radius 3 is 2.79 bits per heavy atom. The van der Waals surface area contributed by atoms with Gasteiger partial charge in [0.1, 0.15) is 5.58 Å². The van der Waals surface area contributed by atoms with Crippen LogP contribution in [0.15, 0.2) is 50.4 Å². The van der Waals surface area contributed by atoms with Crippen LogP contribution in [-0.2, 0) is 0 Å². The van der Waals surface area contributed by atoms with Crippen LogP contribution in [0.4, 0.5) is 5.69 Å². The van der Waals surface area contributed by atoms with E-state index in [1.807, 2.05) is 18.2 Å². The maximum Gasteiger partial charge on any atom is 0.307 e. The van der Waals surface area contributed by atoms with Crippen LogP contribution in [0.3, 0.4) is 0 Å². The predicted octanol–water partition coefficient (Wildman–Crippen LogP) is 5.47. The van der Waals surface area contributed by atoms with Gasteiger partial charge in [-0.25, -0.2) is 5.43 Å². The minimum atomic E-state index is -0.370. The lowest BCUT2D eigenvalue weighted by molar-refractivity contribution is 0.0929. The highest BCUT2D eigenvalue weighted by Gasteiger charge is 2.15. The van der Waals surface area contributed by atoms with Gasteiger partial charge in [0.25, 0.3) is 0 Å². The van der Waals surface area contributed by atoms with Crippen molar-refractivity contribution in [2.45, 2.75) is 19.8 Å². The summed E-state index contributed by atoms with van der Waals surface area (Å²) in [6.45, 7) is 4.30. The number of amides is 1. The fraction of sp³-hybridized carbons (Fsp3) is 0.238. The van der Waals surface area contributed by atoms with Crippen LogP contribution < -0.4 is 10.3 Å². The lowest BCUT2D eigenvalue weighted by Gasteiger charge is -2.18. The molecule has 0 spiro atoms. The molecule has 2 heterocycles. The molecule has 28 heavy (non-hydrogen) atoms. The Hall–Kier alpha value is -1.87. The van der Waals surface area contributed by atoms with Crippen molar-refractivity contribution in [1.29, 1.82) is 0 Å². The van der Waals surface area contributed by atoms with E-state index in [1.54, 1.807) is 12.3 Å². The van der Waals surface area contributed by atoms with Gasteiger partial charge in [-0.3, -0.25) is 4.79 Å². The Morgan fingerprint density at radius 1 is 1.25 bits per heavy atom. The first-order chi connectivity index (χ1) is 13.5. The number of fused-ring (bicyclic) bond motifs is 1. The Labute approximate surface area is 185 Å². The number of halogens is 2. The predicted molar refractivity (Wildman–Crippen MR) is 124 cm³/mol. The molecule has 1 aliphatic heterocycles. The number of carbonyl (C=O) groups is 1. The van der Waals surface area contributed by atoms with Crippen LogP contribution in [0.1, 0.15) is 34.5 Å². The van der Waals surface area contributed by atoms with Crippen LogP contribution in [0.25, 0.3) is 11.0 Å². The zero-order valence-corrected chi connectivity index (χ0v) is 19.1. The molecule has 0 unspecified atom stereocenters. The summed E-state index contributed by atoms with van der Waals surface area (Å²) in [5.74, 6) is -0.130. The first-order valence-corrected chi connectivity index (χ1v) is 11.0. The summed E-state index contributed by atoms with van der Waals surface area (Å²) in [5, 5.41) is 4.98. The van der Waals surface area contributed by atoms with E-state index >= 15 is 0 Å². The summed E-state index contributed by atoms with van der Waals surface area (Å²) in [7, 11) is 0. The molecule has 1 aliphatic rings. The number of furan rings is 1. The summed E-state index contributed by atoms with van der Waals surface area (Å²) >= 11 is 5.65. The highest BCUT2D eigenvalue weighted by Crippen LogP contribution is 2.28. The Kier molecular flexibility index (Phi) is 5.73. The van der Waals surface area contributed by atoms with Gasteiger partial charge in [-0.2, -0.15) is 5.10 Å². The van der Waals surface area contributed by atoms with Gasteiger partial charge >= 0.3 is 5.91 Å². The first-order valence-electron chi connectivity index (χ1n) is 9.09. The highest BCUT2D eigenvalue weighted by molar-refractivity contribution is 14.1. The number of aryl methyl sites for hydroxylation is 1. The largest absolute Gasteiger partial charge is 0.450 e. The fourth-order valence-corrected chi connectivity index (χ4v) is 5.04. The molecule has 0 bridgehead atoms. The number of carbonyl (C=O) groups excluding carboxylic acids is 1. The zero-order valence-electron chi connectivity index (χ0n) is 15.3. The van der Waals surface area contributed by atoms with Crippen molar-refractivity contribution in [1.82, 2.24) is 5.43 Å². The molecule has 7 heteroatoms. The molecule has 1 aromatic heterocycles. The van der Waals surface area contributed by atoms with E-state index < -0.39 is 0 Å². The molecule has 3 aromatic rings. The standard InChI is InChI=1S/C21H19BrIN3O2/c1-13-8-17(26-6-2-3-7-26)5-4-14(13)12-24-25-21(27)19-10-15-9-16(22)11-18(23)20(15)28-19/h4-5,8-12H,2-3,6-7H2,1H3,(H,25,27)/b24-12-. The molecule has 1 amide bonds. The number of hydrazone groups is 1. The van der Waals surface area contributed by atoms with Crippen molar-refractivity contribution < 1.29 is 9.21 Å². The average Bonchev–Trinajstić information content (AvgIpc) is 3.32. The summed E-state index contributed by atoms with van der Waals surface area (Å²) in [5.41, 5.74) is 6.61. The van der Waals surface area contributed by atoms with Crippen LogP contribution in [0.5, 0.6) is 0 Å². The van der Waals surface area contributed by atoms with Crippen molar-refractivity contribution in [3.63, 3.8) is 0 Å². The molecule has 0 atom stereocenters. The Morgan fingerprint density at radius 2 is 2.04 bits per heavy atom. The zero-order chi connectivity index (χ0) is 19.7. The van der Waals surface area contributed by atoms with E-state index in [2.05, 4.69) is 73.0 Å². The molecule has 0 aliphatic carbocycles. The van der Waals surface area contributed by atoms with E-state index in [-0.39, 0.29) is 11.7 Å². The number of rotatable bonds is 4. The third-order valence-electron chi connectivity index (χ3n) is 4.85. The highest BCUT2D eigenvalue weighted by atomic mass is 127. The summed E-state index contributed by atoms with van der Waals surface area (Å²) in [4.78, 5) is 14.8. The minimum absolute atomic E-state index is 0.240. The van der Waals surface area contributed by atoms with Crippen LogP contribution >= 0.6 is 38.5 Å². The molecule has 1 fully saturated rings. The quantitative estimate of drug-likeness (QED) is 0.266. The van der Waals surface area contributed by atoms with Gasteiger partial charge in [0.2, 0.25) is 0 Å². The summed E-state index contributed by atoms with van der Waals surface area (Å²) in [6, 6.07) is 11.9. The first kappa shape index (κ1) is 19.4. The minimum Gasteiger partial charge on any atom is -0.450 e. The lowest BCUT2D eigenvalue weighted by atomic mass is 10.1. The molecule has 5 nitrogen and oxygen atoms in total. The summed E-state index contributed by atoms with van der Waals surface area (Å²) in [6.07, 6.45) is 4.18. The lowest BCUT2D eigenvalue weighted by Crippen LogP contribution is -2.18. The van der Waals surface area contributed by atoms with Crippen LogP contribution in [0.2, 0.25) is 0 Å². The molecular weight excluding hydrogens is 533 g/mol. The Balaban J connectivity index is 1.46. The van der Waals surface area contributed by atoms with Crippen molar-refractivity contribution in [2.24, 2.45) is 5.10 Å². The summed E-state index contributed by atoms with van der Waals surface area (Å²) < 4.78 is 7.59. The molecule has 2 aromatic carbocycles. The number of nitrogens with zero attached hydrogens (tertiary/aromatic N) is 2. The normalized spacial score (nSPS) is 14.3. The number of nitrogens with one attached hydrogen (secondary N) is 1. The molecule has 4 rings (SSSR count).